The summed E-state index contributed by atoms with van der Waals surface area (Å²) in [4.78, 5) is 10.1. The molecule has 2 N–H and O–H groups in total. The van der Waals surface area contributed by atoms with Crippen molar-refractivity contribution in [3.63, 3.8) is 0 Å². The first-order chi connectivity index (χ1) is 11.8. The summed E-state index contributed by atoms with van der Waals surface area (Å²) in [6, 6.07) is 0. The molecule has 0 bridgehead atoms. The molecule has 1 aliphatic heterocycles. The maximum absolute atomic E-state index is 11.5. The monoisotopic (exact) mass is 515 g/mol. The van der Waals surface area contributed by atoms with Crippen LogP contribution in [0.4, 0.5) is 0 Å². The number of halogens is 1. The second-order valence-electron chi connectivity index (χ2n) is 6.48. The highest BCUT2D eigenvalue weighted by molar-refractivity contribution is 14.0. The van der Waals surface area contributed by atoms with E-state index in [1.54, 1.807) is 22.7 Å². The van der Waals surface area contributed by atoms with Gasteiger partial charge in [0.05, 0.1) is 17.0 Å². The van der Waals surface area contributed by atoms with Gasteiger partial charge in [-0.15, -0.1) is 35.3 Å². The molecule has 1 fully saturated rings. The van der Waals surface area contributed by atoms with Crippen molar-refractivity contribution in [2.75, 3.05) is 39.5 Å². The standard InChI is InChI=1S/C16H29N5O2S2.HI/c1-12-13(2)24-15(20-12)5-8-18-16(17-3)19-11-14-6-9-21(10-7-14)25(4,22)23;/h14H,5-11H2,1-4H3,(H2,17,18,19);1H. The minimum Gasteiger partial charge on any atom is -0.356 e. The van der Waals surface area contributed by atoms with E-state index in [1.807, 2.05) is 6.92 Å². The number of sulfonamides is 1. The summed E-state index contributed by atoms with van der Waals surface area (Å²) in [6.07, 6.45) is 3.93. The lowest BCUT2D eigenvalue weighted by atomic mass is 9.98. The van der Waals surface area contributed by atoms with E-state index in [2.05, 4.69) is 27.5 Å². The van der Waals surface area contributed by atoms with Crippen molar-refractivity contribution in [3.05, 3.63) is 15.6 Å². The number of aryl methyl sites for hydroxylation is 2. The molecule has 0 aliphatic carbocycles. The van der Waals surface area contributed by atoms with Crippen LogP contribution >= 0.6 is 35.3 Å². The molecule has 2 rings (SSSR count). The van der Waals surface area contributed by atoms with Crippen LogP contribution in [-0.2, 0) is 16.4 Å². The summed E-state index contributed by atoms with van der Waals surface area (Å²) in [5.74, 6) is 1.26. The molecule has 2 heterocycles. The van der Waals surface area contributed by atoms with E-state index in [1.165, 1.54) is 11.1 Å². The highest BCUT2D eigenvalue weighted by Gasteiger charge is 2.24. The van der Waals surface area contributed by atoms with Crippen LogP contribution in [-0.4, -0.2) is 63.1 Å². The topological polar surface area (TPSA) is 86.7 Å². The average molecular weight is 515 g/mol. The first kappa shape index (κ1) is 23.6. The summed E-state index contributed by atoms with van der Waals surface area (Å²) >= 11 is 1.75. The van der Waals surface area contributed by atoms with Crippen molar-refractivity contribution in [2.24, 2.45) is 10.9 Å². The Labute approximate surface area is 178 Å². The zero-order valence-corrected chi connectivity index (χ0v) is 19.9. The zero-order valence-electron chi connectivity index (χ0n) is 15.9. The van der Waals surface area contributed by atoms with Gasteiger partial charge in [0.15, 0.2) is 5.96 Å². The van der Waals surface area contributed by atoms with E-state index >= 15 is 0 Å². The third-order valence-corrected chi connectivity index (χ3v) is 6.96. The number of guanidine groups is 1. The Morgan fingerprint density at radius 1 is 1.31 bits per heavy atom. The molecule has 10 heteroatoms. The van der Waals surface area contributed by atoms with Crippen LogP contribution in [0.5, 0.6) is 0 Å². The van der Waals surface area contributed by atoms with Crippen molar-refractivity contribution in [2.45, 2.75) is 33.1 Å². The second-order valence-corrected chi connectivity index (χ2v) is 9.75. The summed E-state index contributed by atoms with van der Waals surface area (Å²) in [7, 11) is -1.29. The number of aliphatic imine (C=N–C) groups is 1. The SMILES string of the molecule is CN=C(NCCc1nc(C)c(C)s1)NCC1CCN(S(C)(=O)=O)CC1.I. The van der Waals surface area contributed by atoms with Gasteiger partial charge in [0, 0.05) is 44.5 Å². The van der Waals surface area contributed by atoms with Crippen molar-refractivity contribution in [1.29, 1.82) is 0 Å². The lowest BCUT2D eigenvalue weighted by molar-refractivity contribution is 0.275. The maximum Gasteiger partial charge on any atom is 0.211 e. The fourth-order valence-corrected chi connectivity index (χ4v) is 4.65. The van der Waals surface area contributed by atoms with Crippen LogP contribution in [0.1, 0.15) is 28.4 Å². The van der Waals surface area contributed by atoms with Gasteiger partial charge in [-0.3, -0.25) is 4.99 Å². The predicted molar refractivity (Wildman–Crippen MR) is 119 cm³/mol. The Morgan fingerprint density at radius 3 is 2.46 bits per heavy atom. The van der Waals surface area contributed by atoms with Gasteiger partial charge in [-0.05, 0) is 32.6 Å². The van der Waals surface area contributed by atoms with Crippen LogP contribution in [0.25, 0.3) is 0 Å². The zero-order chi connectivity index (χ0) is 18.4. The van der Waals surface area contributed by atoms with Crippen LogP contribution in [0.15, 0.2) is 4.99 Å². The third kappa shape index (κ3) is 7.28. The Hall–Kier alpha value is -0.460. The molecular formula is C16H30IN5O2S2. The average Bonchev–Trinajstić information content (AvgIpc) is 2.88. The summed E-state index contributed by atoms with van der Waals surface area (Å²) in [5, 5.41) is 7.81. The van der Waals surface area contributed by atoms with Crippen LogP contribution in [0.3, 0.4) is 0 Å². The molecule has 150 valence electrons. The Bertz CT molecular complexity index is 678. The molecule has 1 saturated heterocycles. The lowest BCUT2D eigenvalue weighted by Gasteiger charge is -2.30. The molecule has 0 aromatic carbocycles. The number of thiazole rings is 1. The van der Waals surface area contributed by atoms with E-state index in [0.29, 0.717) is 19.0 Å². The summed E-state index contributed by atoms with van der Waals surface area (Å²) < 4.78 is 24.6. The number of nitrogens with zero attached hydrogens (tertiary/aromatic N) is 3. The van der Waals surface area contributed by atoms with Crippen molar-refractivity contribution < 1.29 is 8.42 Å². The van der Waals surface area contributed by atoms with Gasteiger partial charge in [0.2, 0.25) is 10.0 Å². The number of aromatic nitrogens is 1. The molecular weight excluding hydrogens is 485 g/mol. The molecule has 1 aromatic rings. The predicted octanol–water partition coefficient (Wildman–Crippen LogP) is 1.76. The smallest absolute Gasteiger partial charge is 0.211 e. The number of hydrogen-bond acceptors (Lipinski definition) is 5. The van der Waals surface area contributed by atoms with Crippen LogP contribution in [0.2, 0.25) is 0 Å². The molecule has 1 aromatic heterocycles. The quantitative estimate of drug-likeness (QED) is 0.343. The first-order valence-electron chi connectivity index (χ1n) is 8.62. The van der Waals surface area contributed by atoms with Gasteiger partial charge in [-0.25, -0.2) is 17.7 Å². The fourth-order valence-electron chi connectivity index (χ4n) is 2.84. The highest BCUT2D eigenvalue weighted by atomic mass is 127. The molecule has 0 atom stereocenters. The van der Waals surface area contributed by atoms with Crippen LogP contribution < -0.4 is 10.6 Å². The number of piperidine rings is 1. The number of rotatable bonds is 6. The second kappa shape index (κ2) is 10.8. The van der Waals surface area contributed by atoms with Gasteiger partial charge in [0.1, 0.15) is 0 Å². The van der Waals surface area contributed by atoms with E-state index in [4.69, 9.17) is 0 Å². The van der Waals surface area contributed by atoms with Crippen molar-refractivity contribution >= 4 is 51.3 Å². The molecule has 0 radical (unpaired) electrons. The van der Waals surface area contributed by atoms with E-state index in [0.717, 1.165) is 49.0 Å². The molecule has 26 heavy (non-hydrogen) atoms. The maximum atomic E-state index is 11.5. The highest BCUT2D eigenvalue weighted by Crippen LogP contribution is 2.18. The molecule has 1 aliphatic rings. The van der Waals surface area contributed by atoms with Crippen molar-refractivity contribution in [3.8, 4) is 0 Å². The third-order valence-electron chi connectivity index (χ3n) is 4.53. The van der Waals surface area contributed by atoms with E-state index in [9.17, 15) is 8.42 Å². The lowest BCUT2D eigenvalue weighted by Crippen LogP contribution is -2.44. The van der Waals surface area contributed by atoms with Gasteiger partial charge in [0.25, 0.3) is 0 Å². The van der Waals surface area contributed by atoms with Gasteiger partial charge in [-0.2, -0.15) is 0 Å². The Kier molecular flexibility index (Phi) is 9.76. The van der Waals surface area contributed by atoms with Gasteiger partial charge >= 0.3 is 0 Å². The van der Waals surface area contributed by atoms with E-state index in [-0.39, 0.29) is 24.0 Å². The van der Waals surface area contributed by atoms with Crippen molar-refractivity contribution in [1.82, 2.24) is 19.9 Å². The Morgan fingerprint density at radius 2 is 1.96 bits per heavy atom. The number of nitrogens with one attached hydrogen (secondary N) is 2. The number of hydrogen-bond donors (Lipinski definition) is 2. The van der Waals surface area contributed by atoms with Crippen LogP contribution in [0, 0.1) is 19.8 Å². The normalized spacial score (nSPS) is 17.0. The Balaban J connectivity index is 0.00000338. The molecule has 0 saturated carbocycles. The van der Waals surface area contributed by atoms with Gasteiger partial charge in [-0.1, -0.05) is 0 Å². The largest absolute Gasteiger partial charge is 0.356 e. The fraction of sp³-hybridized carbons (Fsp3) is 0.750. The van der Waals surface area contributed by atoms with Gasteiger partial charge < -0.3 is 10.6 Å². The first-order valence-corrected chi connectivity index (χ1v) is 11.3. The molecule has 0 amide bonds. The summed E-state index contributed by atoms with van der Waals surface area (Å²) in [5.41, 5.74) is 1.11. The minimum absolute atomic E-state index is 0. The molecule has 7 nitrogen and oxygen atoms in total. The molecule has 0 unspecified atom stereocenters. The van der Waals surface area contributed by atoms with E-state index < -0.39 is 10.0 Å². The minimum atomic E-state index is -3.05. The molecule has 0 spiro atoms. The summed E-state index contributed by atoms with van der Waals surface area (Å²) in [6.45, 7) is 6.96.